The minimum Gasteiger partial charge on any atom is -0.365 e. The van der Waals surface area contributed by atoms with Gasteiger partial charge in [-0.05, 0) is 41.8 Å². The molecular formula is C20H18ClFN4O. The average Bonchev–Trinajstić information content (AvgIpc) is 2.63. The summed E-state index contributed by atoms with van der Waals surface area (Å²) in [6.07, 6.45) is 4.65. The van der Waals surface area contributed by atoms with E-state index in [0.29, 0.717) is 27.7 Å². The number of rotatable bonds is 5. The van der Waals surface area contributed by atoms with Gasteiger partial charge in [-0.1, -0.05) is 25.4 Å². The van der Waals surface area contributed by atoms with Gasteiger partial charge in [-0.2, -0.15) is 0 Å². The molecule has 0 unspecified atom stereocenters. The quantitative estimate of drug-likeness (QED) is 0.655. The van der Waals surface area contributed by atoms with E-state index in [1.54, 1.807) is 24.5 Å². The monoisotopic (exact) mass is 384 g/mol. The van der Waals surface area contributed by atoms with E-state index in [4.69, 9.17) is 17.3 Å². The van der Waals surface area contributed by atoms with E-state index in [1.807, 2.05) is 13.8 Å². The highest BCUT2D eigenvalue weighted by molar-refractivity contribution is 6.30. The van der Waals surface area contributed by atoms with Crippen LogP contribution in [0.2, 0.25) is 5.02 Å². The van der Waals surface area contributed by atoms with Crippen molar-refractivity contribution in [1.29, 1.82) is 0 Å². The van der Waals surface area contributed by atoms with E-state index in [1.165, 1.54) is 24.4 Å². The number of halogens is 2. The van der Waals surface area contributed by atoms with Gasteiger partial charge < -0.3 is 11.1 Å². The normalized spacial score (nSPS) is 10.9. The first-order valence-corrected chi connectivity index (χ1v) is 8.71. The molecule has 3 aromatic rings. The lowest BCUT2D eigenvalue weighted by atomic mass is 10.0. The van der Waals surface area contributed by atoms with Gasteiger partial charge in [-0.3, -0.25) is 14.8 Å². The zero-order valence-electron chi connectivity index (χ0n) is 14.8. The predicted molar refractivity (Wildman–Crippen MR) is 105 cm³/mol. The third-order valence-electron chi connectivity index (χ3n) is 4.12. The van der Waals surface area contributed by atoms with E-state index >= 15 is 0 Å². The number of amides is 1. The van der Waals surface area contributed by atoms with Crippen LogP contribution in [0.4, 0.5) is 15.8 Å². The van der Waals surface area contributed by atoms with Crippen LogP contribution < -0.4 is 11.1 Å². The van der Waals surface area contributed by atoms with Crippen LogP contribution in [0.3, 0.4) is 0 Å². The van der Waals surface area contributed by atoms with Crippen LogP contribution in [0.15, 0.2) is 48.9 Å². The van der Waals surface area contributed by atoms with E-state index in [0.717, 1.165) is 5.56 Å². The second-order valence-corrected chi connectivity index (χ2v) is 6.78. The van der Waals surface area contributed by atoms with Crippen molar-refractivity contribution in [2.45, 2.75) is 19.8 Å². The van der Waals surface area contributed by atoms with Gasteiger partial charge in [0.2, 0.25) is 0 Å². The van der Waals surface area contributed by atoms with Crippen molar-refractivity contribution in [2.24, 2.45) is 5.73 Å². The lowest BCUT2D eigenvalue weighted by molar-refractivity contribution is 0.100. The lowest BCUT2D eigenvalue weighted by Crippen LogP contribution is -2.14. The third-order valence-corrected chi connectivity index (χ3v) is 4.35. The van der Waals surface area contributed by atoms with E-state index in [2.05, 4.69) is 15.3 Å². The molecule has 7 heteroatoms. The van der Waals surface area contributed by atoms with E-state index in [9.17, 15) is 9.18 Å². The van der Waals surface area contributed by atoms with Crippen LogP contribution in [0.5, 0.6) is 0 Å². The number of carbonyl (C=O) groups excluding carboxylic acids is 1. The molecule has 0 radical (unpaired) electrons. The number of nitrogens with two attached hydrogens (primary N) is 1. The van der Waals surface area contributed by atoms with Crippen LogP contribution in [-0.4, -0.2) is 15.9 Å². The van der Waals surface area contributed by atoms with E-state index < -0.39 is 11.7 Å². The molecule has 0 saturated carbocycles. The van der Waals surface area contributed by atoms with Crippen molar-refractivity contribution in [3.05, 3.63) is 70.9 Å². The predicted octanol–water partition coefficient (Wildman–Crippen LogP) is 4.90. The van der Waals surface area contributed by atoms with E-state index in [-0.39, 0.29) is 11.5 Å². The SMILES string of the molecule is CC(C)c1cnc(-c2cc(Cl)ccc2F)cc1Nc1ccncc1C(N)=O. The summed E-state index contributed by atoms with van der Waals surface area (Å²) in [5.74, 6) is -0.860. The third kappa shape index (κ3) is 4.06. The van der Waals surface area contributed by atoms with Gasteiger partial charge in [0.15, 0.2) is 0 Å². The standard InChI is InChI=1S/C20H18ClFN4O/c1-11(2)14-10-25-18(13-7-12(21)3-4-16(13)22)8-19(14)26-17-5-6-24-9-15(17)20(23)27/h3-11H,1-2H3,(H2,23,27)(H,24,25,26). The number of hydrogen-bond donors (Lipinski definition) is 2. The Bertz CT molecular complexity index is 1010. The van der Waals surface area contributed by atoms with Crippen molar-refractivity contribution in [3.63, 3.8) is 0 Å². The zero-order valence-corrected chi connectivity index (χ0v) is 15.6. The maximum absolute atomic E-state index is 14.3. The van der Waals surface area contributed by atoms with Crippen LogP contribution in [0.25, 0.3) is 11.3 Å². The number of nitrogens with zero attached hydrogens (tertiary/aromatic N) is 2. The Morgan fingerprint density at radius 2 is 1.96 bits per heavy atom. The second kappa shape index (κ2) is 7.72. The molecule has 0 spiro atoms. The Morgan fingerprint density at radius 1 is 1.19 bits per heavy atom. The first-order chi connectivity index (χ1) is 12.9. The second-order valence-electron chi connectivity index (χ2n) is 6.35. The summed E-state index contributed by atoms with van der Waals surface area (Å²) in [6.45, 7) is 4.03. The number of pyridine rings is 2. The Kier molecular flexibility index (Phi) is 5.37. The molecule has 1 aromatic carbocycles. The highest BCUT2D eigenvalue weighted by atomic mass is 35.5. The van der Waals surface area contributed by atoms with Crippen molar-refractivity contribution >= 4 is 28.9 Å². The Morgan fingerprint density at radius 3 is 2.67 bits per heavy atom. The Labute approximate surface area is 161 Å². The molecule has 0 aliphatic carbocycles. The molecule has 27 heavy (non-hydrogen) atoms. The average molecular weight is 385 g/mol. The number of aromatic nitrogens is 2. The number of benzene rings is 1. The molecule has 3 N–H and O–H groups in total. The first kappa shape index (κ1) is 18.8. The molecule has 138 valence electrons. The van der Waals surface area contributed by atoms with Gasteiger partial charge in [-0.25, -0.2) is 4.39 Å². The number of nitrogens with one attached hydrogen (secondary N) is 1. The number of primary amides is 1. The summed E-state index contributed by atoms with van der Waals surface area (Å²) >= 11 is 6.01. The van der Waals surface area contributed by atoms with Gasteiger partial charge in [0.25, 0.3) is 5.91 Å². The van der Waals surface area contributed by atoms with Crippen molar-refractivity contribution in [2.75, 3.05) is 5.32 Å². The van der Waals surface area contributed by atoms with Gasteiger partial charge in [-0.15, -0.1) is 0 Å². The smallest absolute Gasteiger partial charge is 0.252 e. The highest BCUT2D eigenvalue weighted by Gasteiger charge is 2.15. The molecule has 2 heterocycles. The summed E-state index contributed by atoms with van der Waals surface area (Å²) in [5.41, 5.74) is 8.54. The highest BCUT2D eigenvalue weighted by Crippen LogP contribution is 2.33. The molecule has 0 saturated heterocycles. The van der Waals surface area contributed by atoms with Crippen LogP contribution in [-0.2, 0) is 0 Å². The van der Waals surface area contributed by atoms with Gasteiger partial charge in [0, 0.05) is 34.9 Å². The Balaban J connectivity index is 2.11. The van der Waals surface area contributed by atoms with Crippen LogP contribution in [0.1, 0.15) is 35.7 Å². The van der Waals surface area contributed by atoms with Crippen LogP contribution in [0, 0.1) is 5.82 Å². The van der Waals surface area contributed by atoms with Gasteiger partial charge >= 0.3 is 0 Å². The summed E-state index contributed by atoms with van der Waals surface area (Å²) in [7, 11) is 0. The molecule has 0 bridgehead atoms. The molecule has 1 amide bonds. The maximum Gasteiger partial charge on any atom is 0.252 e. The summed E-state index contributed by atoms with van der Waals surface area (Å²) in [6, 6.07) is 7.70. The lowest BCUT2D eigenvalue weighted by Gasteiger charge is -2.17. The summed E-state index contributed by atoms with van der Waals surface area (Å²) in [5, 5.41) is 3.63. The molecular weight excluding hydrogens is 367 g/mol. The summed E-state index contributed by atoms with van der Waals surface area (Å²) < 4.78 is 14.3. The Hall–Kier alpha value is -2.99. The van der Waals surface area contributed by atoms with Crippen molar-refractivity contribution in [1.82, 2.24) is 9.97 Å². The minimum atomic E-state index is -0.591. The summed E-state index contributed by atoms with van der Waals surface area (Å²) in [4.78, 5) is 20.0. The van der Waals surface area contributed by atoms with Crippen molar-refractivity contribution in [3.8, 4) is 11.3 Å². The number of hydrogen-bond acceptors (Lipinski definition) is 4. The van der Waals surface area contributed by atoms with Crippen LogP contribution >= 0.6 is 11.6 Å². The van der Waals surface area contributed by atoms with Gasteiger partial charge in [0.1, 0.15) is 5.82 Å². The molecule has 0 atom stereocenters. The molecule has 2 aromatic heterocycles. The molecule has 0 fully saturated rings. The molecule has 3 rings (SSSR count). The largest absolute Gasteiger partial charge is 0.365 e. The fourth-order valence-corrected chi connectivity index (χ4v) is 2.89. The fourth-order valence-electron chi connectivity index (χ4n) is 2.72. The molecule has 0 aliphatic heterocycles. The first-order valence-electron chi connectivity index (χ1n) is 8.33. The minimum absolute atomic E-state index is 0.150. The number of carbonyl (C=O) groups is 1. The fraction of sp³-hybridized carbons (Fsp3) is 0.150. The molecule has 0 aliphatic rings. The topological polar surface area (TPSA) is 80.9 Å². The zero-order chi connectivity index (χ0) is 19.6. The molecule has 5 nitrogen and oxygen atoms in total. The number of anilines is 2. The van der Waals surface area contributed by atoms with Crippen molar-refractivity contribution < 1.29 is 9.18 Å². The maximum atomic E-state index is 14.3. The van der Waals surface area contributed by atoms with Gasteiger partial charge in [0.05, 0.1) is 16.9 Å².